The van der Waals surface area contributed by atoms with Gasteiger partial charge < -0.3 is 5.21 Å². The quantitative estimate of drug-likeness (QED) is 0.127. The molecule has 0 aliphatic rings. The van der Waals surface area contributed by atoms with Crippen LogP contribution in [0.25, 0.3) is 0 Å². The fourth-order valence-corrected chi connectivity index (χ4v) is 2.04. The Morgan fingerprint density at radius 3 is 2.50 bits per heavy atom. The zero-order valence-corrected chi connectivity index (χ0v) is 12.1. The Labute approximate surface area is 121 Å². The van der Waals surface area contributed by atoms with E-state index in [1.165, 1.54) is 25.3 Å². The van der Waals surface area contributed by atoms with Crippen LogP contribution in [0.4, 0.5) is 5.69 Å². The van der Waals surface area contributed by atoms with Crippen molar-refractivity contribution >= 4 is 17.7 Å². The second kappa shape index (κ2) is 9.96. The molecule has 3 nitrogen and oxygen atoms in total. The van der Waals surface area contributed by atoms with Crippen LogP contribution in [0.3, 0.4) is 0 Å². The van der Waals surface area contributed by atoms with Gasteiger partial charge in [-0.15, -0.1) is 0 Å². The van der Waals surface area contributed by atoms with Gasteiger partial charge in [0.15, 0.2) is 5.71 Å². The Morgan fingerprint density at radius 1 is 1.15 bits per heavy atom. The first-order valence-electron chi connectivity index (χ1n) is 7.29. The predicted molar refractivity (Wildman–Crippen MR) is 83.3 cm³/mol. The monoisotopic (exact) mass is 273 g/mol. The number of rotatable bonds is 9. The maximum atomic E-state index is 12.3. The first-order chi connectivity index (χ1) is 9.79. The number of carbonyl (C=O) groups is 1. The van der Waals surface area contributed by atoms with Crippen molar-refractivity contribution in [2.24, 2.45) is 0 Å². The lowest BCUT2D eigenvalue weighted by Gasteiger charge is -2.08. The number of carbonyl (C=O) groups excluding carboxylic acids is 1. The molecule has 0 radical (unpaired) electrons. The van der Waals surface area contributed by atoms with E-state index in [9.17, 15) is 10.0 Å². The van der Waals surface area contributed by atoms with E-state index in [0.717, 1.165) is 17.6 Å². The third kappa shape index (κ3) is 5.83. The van der Waals surface area contributed by atoms with Gasteiger partial charge in [0.25, 0.3) is 0 Å². The minimum Gasteiger partial charge on any atom is -0.618 e. The van der Waals surface area contributed by atoms with E-state index in [0.29, 0.717) is 24.1 Å². The highest BCUT2D eigenvalue weighted by Crippen LogP contribution is 2.13. The number of para-hydroxylation sites is 1. The summed E-state index contributed by atoms with van der Waals surface area (Å²) in [5.74, 6) is 0. The lowest BCUT2D eigenvalue weighted by Crippen LogP contribution is -2.09. The molecule has 1 aromatic carbocycles. The molecular weight excluding hydrogens is 250 g/mol. The molecule has 0 saturated heterocycles. The Balaban J connectivity index is 2.72. The summed E-state index contributed by atoms with van der Waals surface area (Å²) in [5.41, 5.74) is 1.24. The van der Waals surface area contributed by atoms with E-state index < -0.39 is 0 Å². The van der Waals surface area contributed by atoms with E-state index in [2.05, 4.69) is 6.92 Å². The Hall–Kier alpha value is -1.90. The SMILES string of the molecule is CCCCCCCC(/C=C/C=O)=[N+](\[O-])c1ccccc1. The summed E-state index contributed by atoms with van der Waals surface area (Å²) in [6.45, 7) is 2.18. The van der Waals surface area contributed by atoms with Crippen LogP contribution < -0.4 is 0 Å². The molecule has 0 spiro atoms. The van der Waals surface area contributed by atoms with Gasteiger partial charge in [-0.2, -0.15) is 4.74 Å². The van der Waals surface area contributed by atoms with Crippen molar-refractivity contribution < 1.29 is 9.53 Å². The van der Waals surface area contributed by atoms with Gasteiger partial charge in [0.1, 0.15) is 6.29 Å². The second-order valence-corrected chi connectivity index (χ2v) is 4.78. The summed E-state index contributed by atoms with van der Waals surface area (Å²) in [7, 11) is 0. The van der Waals surface area contributed by atoms with Crippen molar-refractivity contribution in [3.05, 3.63) is 47.7 Å². The molecular formula is C17H23NO2. The van der Waals surface area contributed by atoms with Crippen LogP contribution in [0, 0.1) is 5.21 Å². The van der Waals surface area contributed by atoms with Gasteiger partial charge in [-0.25, -0.2) is 0 Å². The summed E-state index contributed by atoms with van der Waals surface area (Å²) in [6, 6.07) is 9.10. The molecule has 0 fully saturated rings. The second-order valence-electron chi connectivity index (χ2n) is 4.78. The van der Waals surface area contributed by atoms with Crippen molar-refractivity contribution in [3.8, 4) is 0 Å². The van der Waals surface area contributed by atoms with Gasteiger partial charge in [0.2, 0.25) is 5.69 Å². The molecule has 1 rings (SSSR count). The van der Waals surface area contributed by atoms with E-state index in [4.69, 9.17) is 0 Å². The molecule has 3 heteroatoms. The van der Waals surface area contributed by atoms with Crippen LogP contribution in [0.15, 0.2) is 42.5 Å². The number of hydrogen-bond donors (Lipinski definition) is 0. The minimum absolute atomic E-state index is 0.603. The van der Waals surface area contributed by atoms with Gasteiger partial charge in [0, 0.05) is 24.6 Å². The Morgan fingerprint density at radius 2 is 1.85 bits per heavy atom. The largest absolute Gasteiger partial charge is 0.618 e. The Kier molecular flexibility index (Phi) is 8.04. The lowest BCUT2D eigenvalue weighted by atomic mass is 10.1. The zero-order chi connectivity index (χ0) is 14.6. The van der Waals surface area contributed by atoms with Crippen LogP contribution in [0.1, 0.15) is 45.4 Å². The average Bonchev–Trinajstić information content (AvgIpc) is 2.50. The fourth-order valence-electron chi connectivity index (χ4n) is 2.04. The number of unbranched alkanes of at least 4 members (excludes halogenated alkanes) is 4. The normalized spacial score (nSPS) is 12.4. The van der Waals surface area contributed by atoms with E-state index in [1.54, 1.807) is 18.2 Å². The topological polar surface area (TPSA) is 43.1 Å². The van der Waals surface area contributed by atoms with Crippen molar-refractivity contribution in [1.82, 2.24) is 0 Å². The molecule has 0 N–H and O–H groups in total. The van der Waals surface area contributed by atoms with Crippen molar-refractivity contribution in [2.75, 3.05) is 0 Å². The molecule has 0 amide bonds. The van der Waals surface area contributed by atoms with Crippen molar-refractivity contribution in [2.45, 2.75) is 45.4 Å². The molecule has 1 aromatic rings. The minimum atomic E-state index is 0.603. The first-order valence-corrected chi connectivity index (χ1v) is 7.29. The van der Waals surface area contributed by atoms with Crippen LogP contribution in [0.5, 0.6) is 0 Å². The summed E-state index contributed by atoms with van der Waals surface area (Å²) in [5, 5.41) is 12.3. The van der Waals surface area contributed by atoms with E-state index in [-0.39, 0.29) is 0 Å². The highest BCUT2D eigenvalue weighted by Gasteiger charge is 2.08. The molecule has 20 heavy (non-hydrogen) atoms. The zero-order valence-electron chi connectivity index (χ0n) is 12.1. The predicted octanol–water partition coefficient (Wildman–Crippen LogP) is 4.39. The van der Waals surface area contributed by atoms with Crippen LogP contribution >= 0.6 is 0 Å². The lowest BCUT2D eigenvalue weighted by molar-refractivity contribution is -0.361. The first kappa shape index (κ1) is 16.2. The fraction of sp³-hybridized carbons (Fsp3) is 0.412. The molecule has 0 bridgehead atoms. The van der Waals surface area contributed by atoms with Gasteiger partial charge in [0.05, 0.1) is 0 Å². The van der Waals surface area contributed by atoms with Crippen molar-refractivity contribution in [3.63, 3.8) is 0 Å². The van der Waals surface area contributed by atoms with Crippen molar-refractivity contribution in [1.29, 1.82) is 0 Å². The van der Waals surface area contributed by atoms with Crippen LogP contribution in [0.2, 0.25) is 0 Å². The molecule has 0 aromatic heterocycles. The molecule has 0 atom stereocenters. The maximum absolute atomic E-state index is 12.3. The molecule has 0 aliphatic heterocycles. The summed E-state index contributed by atoms with van der Waals surface area (Å²) in [6.07, 6.45) is 10.1. The number of nitrogens with zero attached hydrogens (tertiary/aromatic N) is 1. The Bertz CT molecular complexity index is 449. The number of aldehydes is 1. The third-order valence-corrected chi connectivity index (χ3v) is 3.16. The highest BCUT2D eigenvalue weighted by atomic mass is 16.5. The van der Waals surface area contributed by atoms with Crippen LogP contribution in [-0.4, -0.2) is 16.7 Å². The summed E-state index contributed by atoms with van der Waals surface area (Å²) >= 11 is 0. The van der Waals surface area contributed by atoms with Crippen LogP contribution in [-0.2, 0) is 4.79 Å². The van der Waals surface area contributed by atoms with E-state index in [1.807, 2.05) is 18.2 Å². The van der Waals surface area contributed by atoms with Gasteiger partial charge in [-0.3, -0.25) is 4.79 Å². The molecule has 0 saturated carbocycles. The van der Waals surface area contributed by atoms with E-state index >= 15 is 0 Å². The number of allylic oxidation sites excluding steroid dienone is 2. The summed E-state index contributed by atoms with van der Waals surface area (Å²) in [4.78, 5) is 10.5. The maximum Gasteiger partial charge on any atom is 0.216 e. The molecule has 0 unspecified atom stereocenters. The molecule has 0 aliphatic carbocycles. The average molecular weight is 273 g/mol. The molecule has 108 valence electrons. The third-order valence-electron chi connectivity index (χ3n) is 3.16. The number of hydrogen-bond acceptors (Lipinski definition) is 2. The number of benzene rings is 1. The van der Waals surface area contributed by atoms with Gasteiger partial charge in [-0.05, 0) is 12.5 Å². The standard InChI is InChI=1S/C17H23NO2/c1-2-3-4-5-7-11-17(14-10-15-19)18(20)16-12-8-6-9-13-16/h6,8-10,12-15H,2-5,7,11H2,1H3/b14-10+,18-17+. The van der Waals surface area contributed by atoms with Gasteiger partial charge in [-0.1, -0.05) is 50.8 Å². The smallest absolute Gasteiger partial charge is 0.216 e. The summed E-state index contributed by atoms with van der Waals surface area (Å²) < 4.78 is 0.916. The van der Waals surface area contributed by atoms with Gasteiger partial charge >= 0.3 is 0 Å². The highest BCUT2D eigenvalue weighted by molar-refractivity contribution is 5.94. The molecule has 0 heterocycles.